The summed E-state index contributed by atoms with van der Waals surface area (Å²) < 4.78 is 5.43. The summed E-state index contributed by atoms with van der Waals surface area (Å²) in [5, 5.41) is 2.88. The number of methoxy groups -OCH3 is 1. The molecule has 2 amide bonds. The molecule has 0 spiro atoms. The fraction of sp³-hybridized carbons (Fsp3) is 0.600. The van der Waals surface area contributed by atoms with Crippen LogP contribution in [0.25, 0.3) is 0 Å². The van der Waals surface area contributed by atoms with Crippen molar-refractivity contribution in [3.8, 4) is 5.75 Å². The molecule has 6 heteroatoms. The first kappa shape index (κ1) is 20.1. The molecular formula is C20H31N3O3. The van der Waals surface area contributed by atoms with Crippen LogP contribution in [0, 0.1) is 5.41 Å². The van der Waals surface area contributed by atoms with Crippen molar-refractivity contribution in [3.63, 3.8) is 0 Å². The Morgan fingerprint density at radius 1 is 1.15 bits per heavy atom. The van der Waals surface area contributed by atoms with Gasteiger partial charge < -0.3 is 19.9 Å². The molecule has 1 fully saturated rings. The molecule has 0 bridgehead atoms. The molecule has 26 heavy (non-hydrogen) atoms. The van der Waals surface area contributed by atoms with Gasteiger partial charge >= 0.3 is 0 Å². The number of nitrogens with zero attached hydrogens (tertiary/aromatic N) is 2. The highest BCUT2D eigenvalue weighted by atomic mass is 16.5. The molecule has 1 saturated heterocycles. The minimum absolute atomic E-state index is 0.105. The number of amides is 2. The zero-order valence-corrected chi connectivity index (χ0v) is 16.4. The fourth-order valence-corrected chi connectivity index (χ4v) is 3.13. The van der Waals surface area contributed by atoms with Gasteiger partial charge in [-0.2, -0.15) is 0 Å². The molecule has 1 aromatic rings. The van der Waals surface area contributed by atoms with E-state index in [1.54, 1.807) is 25.9 Å². The van der Waals surface area contributed by atoms with Crippen LogP contribution in [0.15, 0.2) is 24.3 Å². The second-order valence-corrected chi connectivity index (χ2v) is 7.19. The number of ether oxygens (including phenoxy) is 1. The Bertz CT molecular complexity index is 622. The van der Waals surface area contributed by atoms with Gasteiger partial charge in [0.25, 0.3) is 0 Å². The van der Waals surface area contributed by atoms with E-state index in [9.17, 15) is 9.59 Å². The van der Waals surface area contributed by atoms with E-state index < -0.39 is 5.41 Å². The summed E-state index contributed by atoms with van der Waals surface area (Å²) in [5.74, 6) is 0.539. The van der Waals surface area contributed by atoms with Gasteiger partial charge in [-0.05, 0) is 32.4 Å². The minimum Gasteiger partial charge on any atom is -0.495 e. The number of nitrogens with one attached hydrogen (secondary N) is 1. The zero-order chi connectivity index (χ0) is 19.2. The summed E-state index contributed by atoms with van der Waals surface area (Å²) in [7, 11) is 1.66. The summed E-state index contributed by atoms with van der Waals surface area (Å²) in [4.78, 5) is 29.3. The van der Waals surface area contributed by atoms with Crippen LogP contribution in [0.3, 0.4) is 0 Å². The van der Waals surface area contributed by atoms with Crippen LogP contribution < -0.4 is 15.0 Å². The number of hydrogen-bond donors (Lipinski definition) is 1. The molecule has 0 aliphatic carbocycles. The third-order valence-electron chi connectivity index (χ3n) is 4.91. The first-order valence-corrected chi connectivity index (χ1v) is 9.37. The fourth-order valence-electron chi connectivity index (χ4n) is 3.13. The highest BCUT2D eigenvalue weighted by molar-refractivity contribution is 6.04. The quantitative estimate of drug-likeness (QED) is 0.598. The van der Waals surface area contributed by atoms with Gasteiger partial charge in [-0.1, -0.05) is 25.5 Å². The van der Waals surface area contributed by atoms with Crippen LogP contribution in [-0.4, -0.2) is 56.5 Å². The molecule has 1 aliphatic rings. The molecule has 0 saturated carbocycles. The number of unbranched alkanes of at least 4 members (excludes halogenated alkanes) is 1. The van der Waals surface area contributed by atoms with E-state index >= 15 is 0 Å². The average molecular weight is 361 g/mol. The first-order chi connectivity index (χ1) is 12.4. The lowest BCUT2D eigenvalue weighted by atomic mass is 9.90. The van der Waals surface area contributed by atoms with Crippen LogP contribution in [-0.2, 0) is 9.59 Å². The molecule has 0 atom stereocenters. The van der Waals surface area contributed by atoms with E-state index in [0.29, 0.717) is 19.6 Å². The number of carbonyl (C=O) groups excluding carboxylic acids is 2. The molecule has 1 N–H and O–H groups in total. The van der Waals surface area contributed by atoms with Gasteiger partial charge in [0.1, 0.15) is 11.2 Å². The van der Waals surface area contributed by atoms with Crippen molar-refractivity contribution in [3.05, 3.63) is 24.3 Å². The number of hydrogen-bond acceptors (Lipinski definition) is 4. The van der Waals surface area contributed by atoms with Crippen molar-refractivity contribution in [1.82, 2.24) is 10.2 Å². The Morgan fingerprint density at radius 3 is 2.42 bits per heavy atom. The van der Waals surface area contributed by atoms with Crippen molar-refractivity contribution in [1.29, 1.82) is 0 Å². The average Bonchev–Trinajstić information content (AvgIpc) is 2.67. The molecule has 2 rings (SSSR count). The van der Waals surface area contributed by atoms with Crippen molar-refractivity contribution >= 4 is 17.5 Å². The standard InChI is InChI=1S/C20H31N3O3/c1-5-6-11-21-18(24)20(2,3)19(25)23-14-12-22(13-15-23)16-9-7-8-10-17(16)26-4/h7-10H,5-6,11-15H2,1-4H3,(H,21,24). The molecule has 1 heterocycles. The van der Waals surface area contributed by atoms with Gasteiger partial charge in [0.2, 0.25) is 11.8 Å². The molecule has 6 nitrogen and oxygen atoms in total. The monoisotopic (exact) mass is 361 g/mol. The van der Waals surface area contributed by atoms with E-state index in [-0.39, 0.29) is 11.8 Å². The van der Waals surface area contributed by atoms with Gasteiger partial charge in [-0.3, -0.25) is 9.59 Å². The summed E-state index contributed by atoms with van der Waals surface area (Å²) in [5.41, 5.74) is -0.000888. The molecule has 1 aliphatic heterocycles. The van der Waals surface area contributed by atoms with Gasteiger partial charge in [0.15, 0.2) is 0 Å². The number of carbonyl (C=O) groups is 2. The SMILES string of the molecule is CCCCNC(=O)C(C)(C)C(=O)N1CCN(c2ccccc2OC)CC1. The summed E-state index contributed by atoms with van der Waals surface area (Å²) in [6.07, 6.45) is 1.94. The van der Waals surface area contributed by atoms with E-state index in [0.717, 1.165) is 37.4 Å². The van der Waals surface area contributed by atoms with E-state index in [1.807, 2.05) is 24.3 Å². The Labute approximate surface area is 156 Å². The Kier molecular flexibility index (Phi) is 6.89. The van der Waals surface area contributed by atoms with E-state index in [4.69, 9.17) is 4.74 Å². The lowest BCUT2D eigenvalue weighted by Gasteiger charge is -2.39. The first-order valence-electron chi connectivity index (χ1n) is 9.37. The van der Waals surface area contributed by atoms with Gasteiger partial charge in [0, 0.05) is 32.7 Å². The lowest BCUT2D eigenvalue weighted by molar-refractivity contribution is -0.148. The number of para-hydroxylation sites is 2. The van der Waals surface area contributed by atoms with Crippen LogP contribution in [0.5, 0.6) is 5.75 Å². The number of anilines is 1. The molecule has 0 unspecified atom stereocenters. The van der Waals surface area contributed by atoms with Crippen molar-refractivity contribution in [2.45, 2.75) is 33.6 Å². The second kappa shape index (κ2) is 8.92. The molecule has 0 aromatic heterocycles. The third-order valence-corrected chi connectivity index (χ3v) is 4.91. The molecule has 144 valence electrons. The van der Waals surface area contributed by atoms with Crippen LogP contribution in [0.4, 0.5) is 5.69 Å². The molecule has 0 radical (unpaired) electrons. The second-order valence-electron chi connectivity index (χ2n) is 7.19. The maximum atomic E-state index is 12.9. The van der Waals surface area contributed by atoms with Crippen molar-refractivity contribution < 1.29 is 14.3 Å². The third kappa shape index (κ3) is 4.48. The predicted molar refractivity (Wildman–Crippen MR) is 103 cm³/mol. The van der Waals surface area contributed by atoms with Crippen LogP contribution >= 0.6 is 0 Å². The highest BCUT2D eigenvalue weighted by Crippen LogP contribution is 2.29. The van der Waals surface area contributed by atoms with E-state index in [1.165, 1.54) is 0 Å². The van der Waals surface area contributed by atoms with Crippen LogP contribution in [0.2, 0.25) is 0 Å². The van der Waals surface area contributed by atoms with Gasteiger partial charge in [-0.25, -0.2) is 0 Å². The van der Waals surface area contributed by atoms with Crippen molar-refractivity contribution in [2.75, 3.05) is 44.7 Å². The van der Waals surface area contributed by atoms with Crippen LogP contribution in [0.1, 0.15) is 33.6 Å². The van der Waals surface area contributed by atoms with Gasteiger partial charge in [0.05, 0.1) is 12.8 Å². The zero-order valence-electron chi connectivity index (χ0n) is 16.4. The van der Waals surface area contributed by atoms with E-state index in [2.05, 4.69) is 17.1 Å². The smallest absolute Gasteiger partial charge is 0.237 e. The lowest BCUT2D eigenvalue weighted by Crippen LogP contribution is -2.55. The Hall–Kier alpha value is -2.24. The molecular weight excluding hydrogens is 330 g/mol. The van der Waals surface area contributed by atoms with Crippen molar-refractivity contribution in [2.24, 2.45) is 5.41 Å². The molecule has 1 aromatic carbocycles. The Morgan fingerprint density at radius 2 is 1.81 bits per heavy atom. The minimum atomic E-state index is -1.04. The van der Waals surface area contributed by atoms with Gasteiger partial charge in [-0.15, -0.1) is 0 Å². The number of benzene rings is 1. The summed E-state index contributed by atoms with van der Waals surface area (Å²) in [6.45, 7) is 8.76. The number of piperazine rings is 1. The largest absolute Gasteiger partial charge is 0.495 e. The summed E-state index contributed by atoms with van der Waals surface area (Å²) >= 11 is 0. The number of rotatable bonds is 7. The predicted octanol–water partition coefficient (Wildman–Crippen LogP) is 2.29. The Balaban J connectivity index is 1.96. The normalized spacial score (nSPS) is 14.9. The maximum Gasteiger partial charge on any atom is 0.237 e. The highest BCUT2D eigenvalue weighted by Gasteiger charge is 2.39. The summed E-state index contributed by atoms with van der Waals surface area (Å²) in [6, 6.07) is 7.90. The topological polar surface area (TPSA) is 61.9 Å². The maximum absolute atomic E-state index is 12.9.